The molecule has 0 fully saturated rings. The summed E-state index contributed by atoms with van der Waals surface area (Å²) in [4.78, 5) is 9.40. The number of hydrogen-bond acceptors (Lipinski definition) is 2. The quantitative estimate of drug-likeness (QED) is 0.133. The van der Waals surface area contributed by atoms with Gasteiger partial charge in [-0.15, -0.1) is 0 Å². The normalized spacial score (nSPS) is 10.1. The molecule has 4 rings (SSSR count). The fourth-order valence-corrected chi connectivity index (χ4v) is 5.02. The molecule has 0 spiro atoms. The van der Waals surface area contributed by atoms with Gasteiger partial charge in [0.1, 0.15) is 0 Å². The minimum atomic E-state index is 0. The number of rotatable bonds is 8. The van der Waals surface area contributed by atoms with Crippen molar-refractivity contribution in [1.82, 2.24) is 9.97 Å². The zero-order chi connectivity index (χ0) is 29.4. The smallest absolute Gasteiger partial charge is 0.465 e. The third kappa shape index (κ3) is 12.0. The van der Waals surface area contributed by atoms with Gasteiger partial charge in [-0.2, -0.15) is 0 Å². The molecule has 228 valence electrons. The van der Waals surface area contributed by atoms with Crippen molar-refractivity contribution in [1.29, 1.82) is 0 Å². The van der Waals surface area contributed by atoms with Crippen LogP contribution in [0.3, 0.4) is 0 Å². The molecule has 0 atom stereocenters. The average molecular weight is 743 g/mol. The van der Waals surface area contributed by atoms with E-state index in [4.69, 9.17) is 9.97 Å². The van der Waals surface area contributed by atoms with E-state index in [0.717, 1.165) is 36.1 Å². The summed E-state index contributed by atoms with van der Waals surface area (Å²) in [6.07, 6.45) is 0. The van der Waals surface area contributed by atoms with Gasteiger partial charge in [0.2, 0.25) is 0 Å². The minimum absolute atomic E-state index is 0. The maximum atomic E-state index is 4.70. The van der Waals surface area contributed by atoms with E-state index in [1.165, 1.54) is 44.5 Å². The van der Waals surface area contributed by atoms with E-state index in [0.29, 0.717) is 11.8 Å². The van der Waals surface area contributed by atoms with Gasteiger partial charge in [0.15, 0.2) is 0 Å². The van der Waals surface area contributed by atoms with Crippen LogP contribution in [-0.2, 0) is 25.8 Å². The molecule has 0 aliphatic rings. The number of aromatic nitrogens is 2. The fraction of sp³-hybridized carbons (Fsp3) is 0.368. The van der Waals surface area contributed by atoms with Crippen LogP contribution in [0.2, 0.25) is 0 Å². The number of nitrogens with zero attached hydrogens (tertiary/aromatic N) is 4. The van der Waals surface area contributed by atoms with Crippen molar-refractivity contribution >= 4 is 11.6 Å². The number of pyridine rings is 2. The Bertz CT molecular complexity index is 1270. The Hall–Kier alpha value is -2.79. The van der Waals surface area contributed by atoms with Crippen molar-refractivity contribution < 1.29 is 25.8 Å². The van der Waals surface area contributed by atoms with Gasteiger partial charge in [-0.05, 0) is 111 Å². The number of hydrogen-bond donors (Lipinski definition) is 0. The Morgan fingerprint density at radius 2 is 0.837 bits per heavy atom. The van der Waals surface area contributed by atoms with E-state index >= 15 is 0 Å². The Morgan fingerprint density at radius 3 is 1.12 bits per heavy atom. The predicted molar refractivity (Wildman–Crippen MR) is 186 cm³/mol. The molecule has 0 radical (unpaired) electrons. The van der Waals surface area contributed by atoms with E-state index < -0.39 is 0 Å². The summed E-state index contributed by atoms with van der Waals surface area (Å²) in [6.45, 7) is 23.2. The van der Waals surface area contributed by atoms with Crippen molar-refractivity contribution in [2.45, 2.75) is 69.2 Å². The first-order valence-corrected chi connectivity index (χ1v) is 14.4. The van der Waals surface area contributed by atoms with Crippen LogP contribution in [0.15, 0.2) is 60.7 Å². The monoisotopic (exact) mass is 744 g/mol. The molecule has 0 unspecified atom stereocenters. The SMILES string of the molecule is Cc1cc(C)c(-c2cccc([N-]CC(C)C)n2)c(C)c1.Cc1cc(C)c(-c2cccc([N-]CC(C)C)n2)c(C)c1.[CH3-].[CH3-].[Hf+4]. The van der Waals surface area contributed by atoms with Crippen LogP contribution < -0.4 is 0 Å². The molecule has 0 N–H and O–H groups in total. The van der Waals surface area contributed by atoms with Crippen LogP contribution in [0.1, 0.15) is 61.1 Å². The van der Waals surface area contributed by atoms with Gasteiger partial charge in [0.05, 0.1) is 0 Å². The van der Waals surface area contributed by atoms with Gasteiger partial charge in [-0.3, -0.25) is 0 Å². The van der Waals surface area contributed by atoms with Gasteiger partial charge in [0, 0.05) is 0 Å². The summed E-state index contributed by atoms with van der Waals surface area (Å²) in [6, 6.07) is 21.0. The molecule has 2 aromatic heterocycles. The van der Waals surface area contributed by atoms with Crippen LogP contribution in [0.4, 0.5) is 11.6 Å². The van der Waals surface area contributed by atoms with Crippen LogP contribution in [0.5, 0.6) is 0 Å². The zero-order valence-electron chi connectivity index (χ0n) is 28.6. The first kappa shape index (κ1) is 40.2. The topological polar surface area (TPSA) is 54.0 Å². The van der Waals surface area contributed by atoms with Gasteiger partial charge < -0.3 is 35.5 Å². The largest absolute Gasteiger partial charge is 4.00 e. The number of aryl methyl sites for hydroxylation is 6. The van der Waals surface area contributed by atoms with Gasteiger partial charge in [-0.1, -0.05) is 111 Å². The standard InChI is InChI=1S/2C18H23N2.2CH3.Hf/c2*1-12(2)11-19-17-8-6-7-16(20-17)18-14(4)9-13(3)10-15(18)5;;;/h2*6-10,12H,11H2,1-5H3;2*1H3;/q4*-1;+4. The molecule has 0 amide bonds. The molecule has 0 saturated heterocycles. The molecule has 5 heteroatoms. The van der Waals surface area contributed by atoms with Crippen molar-refractivity contribution in [2.75, 3.05) is 13.1 Å². The van der Waals surface area contributed by atoms with Crippen LogP contribution >= 0.6 is 0 Å². The fourth-order valence-electron chi connectivity index (χ4n) is 5.02. The van der Waals surface area contributed by atoms with E-state index in [-0.39, 0.29) is 40.7 Å². The third-order valence-electron chi connectivity index (χ3n) is 6.57. The van der Waals surface area contributed by atoms with Crippen LogP contribution in [0, 0.1) is 68.2 Å². The summed E-state index contributed by atoms with van der Waals surface area (Å²) in [7, 11) is 0. The van der Waals surface area contributed by atoms with E-state index in [1.807, 2.05) is 24.3 Å². The van der Waals surface area contributed by atoms with Crippen LogP contribution in [0.25, 0.3) is 33.1 Å². The summed E-state index contributed by atoms with van der Waals surface area (Å²) < 4.78 is 0. The molecule has 0 saturated carbocycles. The second-order valence-electron chi connectivity index (χ2n) is 11.8. The molecule has 0 aliphatic heterocycles. The van der Waals surface area contributed by atoms with Crippen LogP contribution in [-0.4, -0.2) is 23.1 Å². The first-order valence-electron chi connectivity index (χ1n) is 14.4. The van der Waals surface area contributed by atoms with Crippen molar-refractivity contribution in [3.8, 4) is 22.5 Å². The van der Waals surface area contributed by atoms with E-state index in [2.05, 4.69) is 116 Å². The summed E-state index contributed by atoms with van der Waals surface area (Å²) >= 11 is 0. The van der Waals surface area contributed by atoms with Crippen molar-refractivity contribution in [3.63, 3.8) is 0 Å². The molecule has 4 nitrogen and oxygen atoms in total. The molecular weight excluding hydrogens is 691 g/mol. The second kappa shape index (κ2) is 18.8. The summed E-state index contributed by atoms with van der Waals surface area (Å²) in [5.41, 5.74) is 12.2. The summed E-state index contributed by atoms with van der Waals surface area (Å²) in [5.74, 6) is 2.78. The average Bonchev–Trinajstić information content (AvgIpc) is 2.86. The molecule has 2 heterocycles. The Morgan fingerprint density at radius 1 is 0.535 bits per heavy atom. The molecule has 4 aromatic rings. The molecular formula is C38H52HfN4. The summed E-state index contributed by atoms with van der Waals surface area (Å²) in [5, 5.41) is 9.12. The van der Waals surface area contributed by atoms with Gasteiger partial charge >= 0.3 is 25.8 Å². The maximum Gasteiger partial charge on any atom is 4.00 e. The van der Waals surface area contributed by atoms with Crippen molar-refractivity contribution in [3.05, 3.63) is 120 Å². The molecule has 0 bridgehead atoms. The minimum Gasteiger partial charge on any atom is -0.465 e. The van der Waals surface area contributed by atoms with Crippen molar-refractivity contribution in [2.24, 2.45) is 11.8 Å². The molecule has 0 aliphatic carbocycles. The Kier molecular flexibility index (Phi) is 17.6. The number of benzene rings is 2. The first-order chi connectivity index (χ1) is 18.9. The van der Waals surface area contributed by atoms with E-state index in [1.54, 1.807) is 0 Å². The third-order valence-corrected chi connectivity index (χ3v) is 6.57. The Labute approximate surface area is 282 Å². The van der Waals surface area contributed by atoms with E-state index in [9.17, 15) is 0 Å². The molecule has 43 heavy (non-hydrogen) atoms. The zero-order valence-corrected chi connectivity index (χ0v) is 32.2. The van der Waals surface area contributed by atoms with Gasteiger partial charge in [-0.25, -0.2) is 0 Å². The second-order valence-corrected chi connectivity index (χ2v) is 11.8. The Balaban J connectivity index is 0.000000767. The maximum absolute atomic E-state index is 4.70. The van der Waals surface area contributed by atoms with Gasteiger partial charge in [0.25, 0.3) is 0 Å². The molecule has 2 aromatic carbocycles. The predicted octanol–water partition coefficient (Wildman–Crippen LogP) is 11.6.